The van der Waals surface area contributed by atoms with Crippen LogP contribution in [0.1, 0.15) is 70.4 Å². The van der Waals surface area contributed by atoms with E-state index < -0.39 is 0 Å². The first kappa shape index (κ1) is 30.5. The maximum Gasteiger partial charge on any atom is 0.129 e. The second-order valence-corrected chi connectivity index (χ2v) is 13.9. The molecule has 3 aliphatic carbocycles. The highest BCUT2D eigenvalue weighted by Crippen LogP contribution is 2.42. The molecule has 5 unspecified atom stereocenters. The molecule has 3 heteroatoms. The molecule has 5 atom stereocenters. The van der Waals surface area contributed by atoms with Gasteiger partial charge in [-0.1, -0.05) is 164 Å². The lowest BCUT2D eigenvalue weighted by atomic mass is 9.73. The standard InChI is InChI=1S/C47H41N3/c1-4-12-32(13-5-1)35-20-23-37(24-21-35)45-48-46(39-26-27-44-38(28-39)25-22-36-18-10-11-19-43(36)44)50-47(49-45)42-30-40(33-14-6-2-7-15-33)29-41(31-42)34-16-8-3-9-17-34/h1-21,23-24,26-30,36,41,43,45-46,48H,22,25,31H2,(H,49,50). The maximum atomic E-state index is 5.48. The third kappa shape index (κ3) is 6.10. The van der Waals surface area contributed by atoms with E-state index in [1.54, 1.807) is 0 Å². The summed E-state index contributed by atoms with van der Waals surface area (Å²) in [7, 11) is 0. The summed E-state index contributed by atoms with van der Waals surface area (Å²) in [6.07, 6.45) is 16.9. The van der Waals surface area contributed by atoms with Gasteiger partial charge in [-0.3, -0.25) is 5.32 Å². The average molecular weight is 648 g/mol. The SMILES string of the molecule is C1=CC2CCc3cc(C4N=C(C5=CC(c6ccccc6)=CC(c6ccccc6)C5)NC(c5ccc(-c6ccccc6)cc5)N4)ccc3C2C=C1. The van der Waals surface area contributed by atoms with Crippen LogP contribution in [0.25, 0.3) is 16.7 Å². The third-order valence-corrected chi connectivity index (χ3v) is 10.8. The Labute approximate surface area is 295 Å². The minimum Gasteiger partial charge on any atom is -0.351 e. The van der Waals surface area contributed by atoms with Gasteiger partial charge in [-0.15, -0.1) is 0 Å². The van der Waals surface area contributed by atoms with Gasteiger partial charge in [0.15, 0.2) is 0 Å². The zero-order valence-corrected chi connectivity index (χ0v) is 28.1. The molecular formula is C47H41N3. The fourth-order valence-electron chi connectivity index (χ4n) is 8.18. The first-order valence-corrected chi connectivity index (χ1v) is 18.0. The second-order valence-electron chi connectivity index (χ2n) is 13.9. The van der Waals surface area contributed by atoms with Crippen molar-refractivity contribution >= 4 is 11.4 Å². The van der Waals surface area contributed by atoms with Crippen molar-refractivity contribution in [3.05, 3.63) is 209 Å². The Balaban J connectivity index is 1.10. The van der Waals surface area contributed by atoms with E-state index in [9.17, 15) is 0 Å². The van der Waals surface area contributed by atoms with E-state index in [0.717, 1.165) is 18.7 Å². The van der Waals surface area contributed by atoms with Crippen molar-refractivity contribution in [2.45, 2.75) is 43.4 Å². The summed E-state index contributed by atoms with van der Waals surface area (Å²) in [5.41, 5.74) is 12.8. The van der Waals surface area contributed by atoms with Gasteiger partial charge in [-0.2, -0.15) is 0 Å². The number of nitrogens with zero attached hydrogens (tertiary/aromatic N) is 1. The molecular weight excluding hydrogens is 607 g/mol. The molecule has 0 amide bonds. The van der Waals surface area contributed by atoms with E-state index in [-0.39, 0.29) is 18.2 Å². The van der Waals surface area contributed by atoms with E-state index in [1.165, 1.54) is 62.1 Å². The van der Waals surface area contributed by atoms with Crippen molar-refractivity contribution in [2.75, 3.05) is 0 Å². The van der Waals surface area contributed by atoms with E-state index in [2.05, 4.69) is 181 Å². The molecule has 0 radical (unpaired) electrons. The molecule has 0 fully saturated rings. The Morgan fingerprint density at radius 2 is 1.30 bits per heavy atom. The molecule has 5 aromatic carbocycles. The fourth-order valence-corrected chi connectivity index (χ4v) is 8.18. The van der Waals surface area contributed by atoms with Gasteiger partial charge in [0.2, 0.25) is 0 Å². The molecule has 1 aliphatic heterocycles. The van der Waals surface area contributed by atoms with Crippen LogP contribution in [-0.2, 0) is 6.42 Å². The maximum absolute atomic E-state index is 5.48. The Bertz CT molecular complexity index is 2140. The minimum atomic E-state index is -0.183. The van der Waals surface area contributed by atoms with Crippen LogP contribution in [0.15, 0.2) is 180 Å². The number of allylic oxidation sites excluding steroid dienone is 7. The Kier molecular flexibility index (Phi) is 8.20. The number of rotatable bonds is 6. The monoisotopic (exact) mass is 647 g/mol. The van der Waals surface area contributed by atoms with Crippen molar-refractivity contribution in [1.82, 2.24) is 10.6 Å². The van der Waals surface area contributed by atoms with Gasteiger partial charge in [0.1, 0.15) is 18.2 Å². The quantitative estimate of drug-likeness (QED) is 0.192. The van der Waals surface area contributed by atoms with Gasteiger partial charge in [-0.05, 0) is 86.9 Å². The Morgan fingerprint density at radius 1 is 0.620 bits per heavy atom. The molecule has 5 aromatic rings. The molecule has 2 N–H and O–H groups in total. The number of hydrogen-bond donors (Lipinski definition) is 2. The summed E-state index contributed by atoms with van der Waals surface area (Å²) in [6, 6.07) is 48.3. The van der Waals surface area contributed by atoms with Crippen LogP contribution < -0.4 is 10.6 Å². The lowest BCUT2D eigenvalue weighted by Crippen LogP contribution is -2.45. The van der Waals surface area contributed by atoms with Crippen LogP contribution >= 0.6 is 0 Å². The number of hydrogen-bond acceptors (Lipinski definition) is 3. The minimum absolute atomic E-state index is 0.105. The number of aliphatic imine (C=N–C) groups is 1. The van der Waals surface area contributed by atoms with Crippen molar-refractivity contribution in [3.63, 3.8) is 0 Å². The summed E-state index contributed by atoms with van der Waals surface area (Å²) in [5.74, 6) is 2.29. The zero-order chi connectivity index (χ0) is 33.3. The zero-order valence-electron chi connectivity index (χ0n) is 28.1. The molecule has 50 heavy (non-hydrogen) atoms. The molecule has 3 nitrogen and oxygen atoms in total. The van der Waals surface area contributed by atoms with Crippen LogP contribution in [0.4, 0.5) is 0 Å². The fraction of sp³-hybridized carbons (Fsp3) is 0.170. The van der Waals surface area contributed by atoms with Crippen molar-refractivity contribution in [1.29, 1.82) is 0 Å². The summed E-state index contributed by atoms with van der Waals surface area (Å²) < 4.78 is 0. The smallest absolute Gasteiger partial charge is 0.129 e. The number of nitrogens with one attached hydrogen (secondary N) is 2. The lowest BCUT2D eigenvalue weighted by Gasteiger charge is -2.35. The number of amidine groups is 1. The first-order valence-electron chi connectivity index (χ1n) is 18.0. The Morgan fingerprint density at radius 3 is 2.08 bits per heavy atom. The van der Waals surface area contributed by atoms with E-state index in [1.807, 2.05) is 0 Å². The highest BCUT2D eigenvalue weighted by atomic mass is 15.3. The van der Waals surface area contributed by atoms with Gasteiger partial charge >= 0.3 is 0 Å². The largest absolute Gasteiger partial charge is 0.351 e. The number of benzene rings is 5. The second kappa shape index (κ2) is 13.4. The van der Waals surface area contributed by atoms with Crippen molar-refractivity contribution in [3.8, 4) is 11.1 Å². The highest BCUT2D eigenvalue weighted by molar-refractivity contribution is 6.02. The first-order chi connectivity index (χ1) is 24.7. The average Bonchev–Trinajstić information content (AvgIpc) is 3.21. The number of aryl methyl sites for hydroxylation is 1. The van der Waals surface area contributed by atoms with Crippen LogP contribution in [0.3, 0.4) is 0 Å². The molecule has 0 saturated heterocycles. The van der Waals surface area contributed by atoms with Gasteiger partial charge < -0.3 is 5.32 Å². The van der Waals surface area contributed by atoms with E-state index >= 15 is 0 Å². The van der Waals surface area contributed by atoms with Crippen LogP contribution in [0.5, 0.6) is 0 Å². The van der Waals surface area contributed by atoms with Gasteiger partial charge in [0, 0.05) is 11.8 Å². The molecule has 0 aromatic heterocycles. The van der Waals surface area contributed by atoms with Crippen LogP contribution in [0.2, 0.25) is 0 Å². The molecule has 0 bridgehead atoms. The Hall–Kier alpha value is -5.51. The highest BCUT2D eigenvalue weighted by Gasteiger charge is 2.31. The topological polar surface area (TPSA) is 36.4 Å². The van der Waals surface area contributed by atoms with Crippen LogP contribution in [-0.4, -0.2) is 5.84 Å². The predicted molar refractivity (Wildman–Crippen MR) is 207 cm³/mol. The van der Waals surface area contributed by atoms with Gasteiger partial charge in [0.05, 0.1) is 0 Å². The summed E-state index contributed by atoms with van der Waals surface area (Å²) in [4.78, 5) is 5.48. The third-order valence-electron chi connectivity index (χ3n) is 10.8. The summed E-state index contributed by atoms with van der Waals surface area (Å²) in [6.45, 7) is 0. The van der Waals surface area contributed by atoms with Crippen LogP contribution in [0, 0.1) is 5.92 Å². The molecule has 1 heterocycles. The van der Waals surface area contributed by atoms with Gasteiger partial charge in [0.25, 0.3) is 0 Å². The van der Waals surface area contributed by atoms with E-state index in [4.69, 9.17) is 4.99 Å². The predicted octanol–water partition coefficient (Wildman–Crippen LogP) is 10.6. The van der Waals surface area contributed by atoms with Crippen molar-refractivity contribution < 1.29 is 0 Å². The molecule has 244 valence electrons. The normalized spacial score (nSPS) is 23.8. The van der Waals surface area contributed by atoms with Crippen molar-refractivity contribution in [2.24, 2.45) is 10.9 Å². The molecule has 9 rings (SSSR count). The molecule has 4 aliphatic rings. The summed E-state index contributed by atoms with van der Waals surface area (Å²) >= 11 is 0. The van der Waals surface area contributed by atoms with Gasteiger partial charge in [-0.25, -0.2) is 4.99 Å². The molecule has 0 spiro atoms. The molecule has 0 saturated carbocycles. The lowest BCUT2D eigenvalue weighted by molar-refractivity contribution is 0.407. The van der Waals surface area contributed by atoms with E-state index in [0.29, 0.717) is 11.8 Å². The number of fused-ring (bicyclic) bond motifs is 3. The summed E-state index contributed by atoms with van der Waals surface area (Å²) in [5, 5.41) is 7.77.